The van der Waals surface area contributed by atoms with Gasteiger partial charge in [-0.1, -0.05) is 0 Å². The van der Waals surface area contributed by atoms with Crippen molar-refractivity contribution in [2.75, 3.05) is 0 Å². The van der Waals surface area contributed by atoms with Crippen LogP contribution in [0.5, 0.6) is 0 Å². The molecule has 52 valence electrons. The van der Waals surface area contributed by atoms with Gasteiger partial charge in [0.1, 0.15) is 0 Å². The van der Waals surface area contributed by atoms with Crippen LogP contribution < -0.4 is 0 Å². The fourth-order valence-electron chi connectivity index (χ4n) is 0.535. The first kappa shape index (κ1) is 6.71. The molecule has 4 nitrogen and oxygen atoms in total. The van der Waals surface area contributed by atoms with E-state index < -0.39 is 8.09 Å². The van der Waals surface area contributed by atoms with E-state index in [2.05, 4.69) is 0 Å². The molecule has 3 N–H and O–H groups in total. The summed E-state index contributed by atoms with van der Waals surface area (Å²) in [7, 11) is -4.06. The minimum absolute atomic E-state index is 0.993. The van der Waals surface area contributed by atoms with E-state index in [0.717, 1.165) is 4.34 Å². The Kier molecular flexibility index (Phi) is 1.55. The van der Waals surface area contributed by atoms with Crippen LogP contribution in [0, 0.1) is 0 Å². The molecule has 0 bridgehead atoms. The van der Waals surface area contributed by atoms with Crippen LogP contribution in [-0.4, -0.2) is 19.0 Å². The first-order valence-electron chi connectivity index (χ1n) is 2.41. The molecule has 0 fully saturated rings. The van der Waals surface area contributed by atoms with Gasteiger partial charge in [-0.05, 0) is 0 Å². The molecule has 0 aromatic carbocycles. The zero-order valence-corrected chi connectivity index (χ0v) is 5.60. The van der Waals surface area contributed by atoms with Gasteiger partial charge in [0.15, 0.2) is 0 Å². The van der Waals surface area contributed by atoms with Gasteiger partial charge in [-0.3, -0.25) is 0 Å². The van der Waals surface area contributed by atoms with Gasteiger partial charge < -0.3 is 0 Å². The summed E-state index contributed by atoms with van der Waals surface area (Å²) in [6, 6.07) is 3.20. The van der Waals surface area contributed by atoms with Gasteiger partial charge >= 0.3 is 51.6 Å². The van der Waals surface area contributed by atoms with Crippen LogP contribution >= 0.6 is 8.09 Å². The molecule has 1 heterocycles. The fraction of sp³-hybridized carbons (Fsp3) is 0. The SMILES string of the molecule is O[PH](O)(O)n1cccc1. The van der Waals surface area contributed by atoms with E-state index in [4.69, 9.17) is 14.7 Å². The third-order valence-corrected chi connectivity index (χ3v) is 1.94. The van der Waals surface area contributed by atoms with Crippen molar-refractivity contribution in [2.45, 2.75) is 0 Å². The van der Waals surface area contributed by atoms with Gasteiger partial charge in [-0.25, -0.2) is 0 Å². The van der Waals surface area contributed by atoms with E-state index in [1.807, 2.05) is 0 Å². The minimum atomic E-state index is -4.06. The average molecular weight is 149 g/mol. The predicted molar refractivity (Wildman–Crippen MR) is 34.8 cm³/mol. The molecule has 0 saturated heterocycles. The fourth-order valence-corrected chi connectivity index (χ4v) is 1.11. The second-order valence-corrected chi connectivity index (χ2v) is 3.41. The first-order valence-corrected chi connectivity index (χ1v) is 4.20. The molecule has 0 radical (unpaired) electrons. The van der Waals surface area contributed by atoms with E-state index in [1.165, 1.54) is 12.4 Å². The standard InChI is InChI=1S/C4H8NO3P/c6-9(7,8)5-3-1-2-4-5/h1-4,6-9H. The Bertz CT molecular complexity index is 178. The number of rotatable bonds is 1. The molecule has 0 aliphatic heterocycles. The quantitative estimate of drug-likeness (QED) is 0.481. The van der Waals surface area contributed by atoms with Gasteiger partial charge in [0.25, 0.3) is 0 Å². The molecule has 0 saturated carbocycles. The molecular formula is C4H8NO3P. The van der Waals surface area contributed by atoms with Gasteiger partial charge in [0.2, 0.25) is 0 Å². The second-order valence-electron chi connectivity index (χ2n) is 1.69. The second kappa shape index (κ2) is 2.08. The van der Waals surface area contributed by atoms with Crippen LogP contribution in [0.25, 0.3) is 0 Å². The predicted octanol–water partition coefficient (Wildman–Crippen LogP) is -0.277. The maximum atomic E-state index is 8.59. The number of hydrogen-bond acceptors (Lipinski definition) is 3. The topological polar surface area (TPSA) is 65.6 Å². The average Bonchev–Trinajstić information content (AvgIpc) is 2.08. The van der Waals surface area contributed by atoms with Crippen LogP contribution in [0.1, 0.15) is 0 Å². The van der Waals surface area contributed by atoms with Gasteiger partial charge in [-0.15, -0.1) is 0 Å². The number of nitrogens with zero attached hydrogens (tertiary/aromatic N) is 1. The summed E-state index contributed by atoms with van der Waals surface area (Å²) < 4.78 is 0.993. The summed E-state index contributed by atoms with van der Waals surface area (Å²) in [5.41, 5.74) is 0. The molecule has 0 amide bonds. The van der Waals surface area contributed by atoms with Crippen molar-refractivity contribution in [2.24, 2.45) is 0 Å². The van der Waals surface area contributed by atoms with Crippen molar-refractivity contribution in [3.63, 3.8) is 0 Å². The molecule has 5 heteroatoms. The summed E-state index contributed by atoms with van der Waals surface area (Å²) in [6.07, 6.45) is 2.79. The summed E-state index contributed by atoms with van der Waals surface area (Å²) in [5.74, 6) is 0. The Balaban J connectivity index is 2.90. The van der Waals surface area contributed by atoms with Crippen molar-refractivity contribution >= 4 is 8.09 Å². The molecular weight excluding hydrogens is 141 g/mol. The summed E-state index contributed by atoms with van der Waals surface area (Å²) in [5, 5.41) is 0. The Morgan fingerprint density at radius 2 is 1.44 bits per heavy atom. The van der Waals surface area contributed by atoms with Gasteiger partial charge in [0.05, 0.1) is 0 Å². The van der Waals surface area contributed by atoms with Gasteiger partial charge in [0, 0.05) is 0 Å². The van der Waals surface area contributed by atoms with E-state index in [0.29, 0.717) is 0 Å². The summed E-state index contributed by atoms with van der Waals surface area (Å²) in [4.78, 5) is 25.8. The van der Waals surface area contributed by atoms with Crippen molar-refractivity contribution < 1.29 is 14.7 Å². The van der Waals surface area contributed by atoms with Crippen LogP contribution in [0.2, 0.25) is 0 Å². The third-order valence-electron chi connectivity index (χ3n) is 0.951. The molecule has 0 unspecified atom stereocenters. The molecule has 0 spiro atoms. The first-order chi connectivity index (χ1) is 4.11. The monoisotopic (exact) mass is 149 g/mol. The zero-order chi connectivity index (χ0) is 6.91. The normalized spacial score (nSPS) is 13.7. The molecule has 0 aliphatic rings. The van der Waals surface area contributed by atoms with E-state index >= 15 is 0 Å². The Morgan fingerprint density at radius 3 is 1.67 bits per heavy atom. The van der Waals surface area contributed by atoms with Gasteiger partial charge in [-0.2, -0.15) is 0 Å². The zero-order valence-electron chi connectivity index (χ0n) is 4.60. The molecule has 9 heavy (non-hydrogen) atoms. The number of aromatic nitrogens is 1. The van der Waals surface area contributed by atoms with Crippen LogP contribution in [0.4, 0.5) is 0 Å². The van der Waals surface area contributed by atoms with Crippen LogP contribution in [0.3, 0.4) is 0 Å². The summed E-state index contributed by atoms with van der Waals surface area (Å²) >= 11 is 0. The molecule has 1 aromatic rings. The maximum absolute atomic E-state index is 8.59. The van der Waals surface area contributed by atoms with E-state index in [9.17, 15) is 0 Å². The molecule has 1 rings (SSSR count). The Labute approximate surface area is 52.6 Å². The van der Waals surface area contributed by atoms with Crippen molar-refractivity contribution in [3.8, 4) is 0 Å². The van der Waals surface area contributed by atoms with Crippen molar-refractivity contribution in [3.05, 3.63) is 24.5 Å². The Hall–Kier alpha value is -0.410. The molecule has 0 atom stereocenters. The van der Waals surface area contributed by atoms with Crippen LogP contribution in [0.15, 0.2) is 24.5 Å². The van der Waals surface area contributed by atoms with E-state index in [1.54, 1.807) is 12.1 Å². The summed E-state index contributed by atoms with van der Waals surface area (Å²) in [6.45, 7) is 0. The number of hydrogen-bond donors (Lipinski definition) is 3. The van der Waals surface area contributed by atoms with Crippen molar-refractivity contribution in [1.29, 1.82) is 0 Å². The van der Waals surface area contributed by atoms with Crippen molar-refractivity contribution in [1.82, 2.24) is 4.34 Å². The van der Waals surface area contributed by atoms with E-state index in [-0.39, 0.29) is 0 Å². The third kappa shape index (κ3) is 1.50. The Morgan fingerprint density at radius 1 is 1.00 bits per heavy atom. The molecule has 1 aromatic heterocycles. The van der Waals surface area contributed by atoms with Crippen LogP contribution in [-0.2, 0) is 0 Å². The molecule has 0 aliphatic carbocycles.